The first-order valence-corrected chi connectivity index (χ1v) is 5.41. The highest BCUT2D eigenvalue weighted by Gasteiger charge is 2.05. The second-order valence-corrected chi connectivity index (χ2v) is 4.16. The van der Waals surface area contributed by atoms with Crippen molar-refractivity contribution in [2.24, 2.45) is 0 Å². The molecule has 0 amide bonds. The van der Waals surface area contributed by atoms with Gasteiger partial charge in [0.1, 0.15) is 5.82 Å². The highest BCUT2D eigenvalue weighted by molar-refractivity contribution is 9.10. The summed E-state index contributed by atoms with van der Waals surface area (Å²) in [4.78, 5) is 15.3. The zero-order valence-corrected chi connectivity index (χ0v) is 9.82. The van der Waals surface area contributed by atoms with Gasteiger partial charge in [0.05, 0.1) is 12.2 Å². The van der Waals surface area contributed by atoms with Crippen LogP contribution in [0.15, 0.2) is 45.9 Å². The molecule has 2 aromatic heterocycles. The summed E-state index contributed by atoms with van der Waals surface area (Å²) in [6, 6.07) is 6.12. The van der Waals surface area contributed by atoms with Crippen LogP contribution in [0, 0.1) is 5.82 Å². The zero-order chi connectivity index (χ0) is 11.5. The summed E-state index contributed by atoms with van der Waals surface area (Å²) < 4.78 is 15.4. The minimum absolute atomic E-state index is 0.138. The third-order valence-electron chi connectivity index (χ3n) is 2.10. The maximum Gasteiger partial charge on any atom is 0.250 e. The number of rotatable bonds is 2. The molecule has 0 radical (unpaired) electrons. The first kappa shape index (κ1) is 11.0. The Kier molecular flexibility index (Phi) is 3.14. The number of hydrogen-bond acceptors (Lipinski definition) is 2. The molecular weight excluding hydrogens is 275 g/mol. The Labute approximate surface area is 99.7 Å². The van der Waals surface area contributed by atoms with Crippen molar-refractivity contribution in [2.45, 2.75) is 6.54 Å². The Bertz CT molecular complexity index is 568. The molecule has 0 saturated carbocycles. The summed E-state index contributed by atoms with van der Waals surface area (Å²) in [6.07, 6.45) is 3.11. The normalized spacial score (nSPS) is 10.4. The van der Waals surface area contributed by atoms with E-state index in [1.807, 2.05) is 0 Å². The summed E-state index contributed by atoms with van der Waals surface area (Å²) in [6.45, 7) is 0.138. The third kappa shape index (κ3) is 2.36. The Balaban J connectivity index is 2.35. The fourth-order valence-corrected chi connectivity index (χ4v) is 1.62. The lowest BCUT2D eigenvalue weighted by Crippen LogP contribution is -2.19. The van der Waals surface area contributed by atoms with Gasteiger partial charge < -0.3 is 4.57 Å². The van der Waals surface area contributed by atoms with Gasteiger partial charge in [0.2, 0.25) is 0 Å². The van der Waals surface area contributed by atoms with Gasteiger partial charge in [-0.2, -0.15) is 0 Å². The van der Waals surface area contributed by atoms with Crippen LogP contribution >= 0.6 is 15.9 Å². The summed E-state index contributed by atoms with van der Waals surface area (Å²) in [7, 11) is 0. The first-order chi connectivity index (χ1) is 7.66. The summed E-state index contributed by atoms with van der Waals surface area (Å²) in [5.74, 6) is -0.426. The van der Waals surface area contributed by atoms with Gasteiger partial charge in [-0.15, -0.1) is 0 Å². The number of nitrogens with zero attached hydrogens (tertiary/aromatic N) is 2. The van der Waals surface area contributed by atoms with E-state index in [2.05, 4.69) is 20.9 Å². The van der Waals surface area contributed by atoms with Crippen LogP contribution in [-0.4, -0.2) is 9.55 Å². The Morgan fingerprint density at radius 2 is 2.25 bits per heavy atom. The van der Waals surface area contributed by atoms with Crippen LogP contribution in [0.25, 0.3) is 0 Å². The minimum Gasteiger partial charge on any atom is -0.309 e. The molecule has 0 aliphatic rings. The lowest BCUT2D eigenvalue weighted by atomic mass is 10.3. The topological polar surface area (TPSA) is 34.9 Å². The zero-order valence-electron chi connectivity index (χ0n) is 8.23. The van der Waals surface area contributed by atoms with Crippen LogP contribution in [0.2, 0.25) is 0 Å². The summed E-state index contributed by atoms with van der Waals surface area (Å²) >= 11 is 3.13. The van der Waals surface area contributed by atoms with E-state index in [1.54, 1.807) is 18.3 Å². The maximum atomic E-state index is 13.5. The number of halogens is 2. The van der Waals surface area contributed by atoms with Gasteiger partial charge in [0.25, 0.3) is 5.56 Å². The average molecular weight is 283 g/mol. The number of pyridine rings is 2. The molecule has 0 aliphatic carbocycles. The average Bonchev–Trinajstić information content (AvgIpc) is 2.25. The molecule has 82 valence electrons. The van der Waals surface area contributed by atoms with Gasteiger partial charge in [-0.3, -0.25) is 9.78 Å². The molecule has 0 fully saturated rings. The second kappa shape index (κ2) is 4.57. The molecule has 0 saturated heterocycles. The molecule has 16 heavy (non-hydrogen) atoms. The second-order valence-electron chi connectivity index (χ2n) is 3.25. The molecule has 3 nitrogen and oxygen atoms in total. The molecule has 5 heteroatoms. The molecule has 0 atom stereocenters. The smallest absolute Gasteiger partial charge is 0.250 e. The van der Waals surface area contributed by atoms with Crippen molar-refractivity contribution in [3.8, 4) is 0 Å². The van der Waals surface area contributed by atoms with Gasteiger partial charge in [0.15, 0.2) is 0 Å². The molecule has 0 aromatic carbocycles. The van der Waals surface area contributed by atoms with Crippen LogP contribution in [-0.2, 0) is 6.54 Å². The van der Waals surface area contributed by atoms with Crippen LogP contribution in [0.5, 0.6) is 0 Å². The summed E-state index contributed by atoms with van der Waals surface area (Å²) in [5.41, 5.74) is 0.0723. The summed E-state index contributed by atoms with van der Waals surface area (Å²) in [5, 5.41) is 0. The van der Waals surface area contributed by atoms with E-state index in [0.717, 1.165) is 0 Å². The van der Waals surface area contributed by atoms with Crippen molar-refractivity contribution >= 4 is 15.9 Å². The lowest BCUT2D eigenvalue weighted by molar-refractivity contribution is 0.581. The predicted octanol–water partition coefficient (Wildman–Crippen LogP) is 2.19. The van der Waals surface area contributed by atoms with E-state index in [0.29, 0.717) is 4.47 Å². The molecule has 0 aliphatic heterocycles. The van der Waals surface area contributed by atoms with Crippen LogP contribution < -0.4 is 5.56 Å². The number of hydrogen-bond donors (Lipinski definition) is 0. The Morgan fingerprint density at radius 3 is 2.94 bits per heavy atom. The van der Waals surface area contributed by atoms with Crippen molar-refractivity contribution in [3.05, 3.63) is 63.0 Å². The fourth-order valence-electron chi connectivity index (χ4n) is 1.31. The monoisotopic (exact) mass is 282 g/mol. The molecule has 2 aromatic rings. The van der Waals surface area contributed by atoms with E-state index in [9.17, 15) is 9.18 Å². The minimum atomic E-state index is -0.426. The van der Waals surface area contributed by atoms with E-state index in [4.69, 9.17) is 0 Å². The van der Waals surface area contributed by atoms with Crippen LogP contribution in [0.1, 0.15) is 5.69 Å². The van der Waals surface area contributed by atoms with Crippen LogP contribution in [0.3, 0.4) is 0 Å². The largest absolute Gasteiger partial charge is 0.309 e. The maximum absolute atomic E-state index is 13.5. The van der Waals surface area contributed by atoms with E-state index in [1.165, 1.54) is 22.9 Å². The van der Waals surface area contributed by atoms with Gasteiger partial charge >= 0.3 is 0 Å². The highest BCUT2D eigenvalue weighted by atomic mass is 79.9. The molecule has 2 heterocycles. The van der Waals surface area contributed by atoms with E-state index in [-0.39, 0.29) is 17.8 Å². The van der Waals surface area contributed by atoms with Crippen molar-refractivity contribution in [3.63, 3.8) is 0 Å². The fraction of sp³-hybridized carbons (Fsp3) is 0.0909. The van der Waals surface area contributed by atoms with Gasteiger partial charge in [-0.1, -0.05) is 6.07 Å². The quantitative estimate of drug-likeness (QED) is 0.846. The molecule has 0 unspecified atom stereocenters. The Hall–Kier alpha value is -1.49. The van der Waals surface area contributed by atoms with Crippen molar-refractivity contribution in [1.29, 1.82) is 0 Å². The van der Waals surface area contributed by atoms with Gasteiger partial charge in [-0.25, -0.2) is 4.39 Å². The molecule has 2 rings (SSSR count). The van der Waals surface area contributed by atoms with Crippen molar-refractivity contribution in [1.82, 2.24) is 9.55 Å². The predicted molar refractivity (Wildman–Crippen MR) is 61.7 cm³/mol. The highest BCUT2D eigenvalue weighted by Crippen LogP contribution is 2.12. The number of aromatic nitrogens is 2. The molecule has 0 spiro atoms. The standard InChI is InChI=1S/C11H8BrFN2O/c12-8-5-9(13)10(14-6-8)7-15-4-2-1-3-11(15)16/h1-6H,7H2. The molecule has 0 bridgehead atoms. The molecule has 0 N–H and O–H groups in total. The molecular formula is C11H8BrFN2O. The van der Waals surface area contributed by atoms with Gasteiger partial charge in [0, 0.05) is 22.9 Å². The van der Waals surface area contributed by atoms with E-state index < -0.39 is 5.82 Å². The van der Waals surface area contributed by atoms with Crippen molar-refractivity contribution < 1.29 is 4.39 Å². The third-order valence-corrected chi connectivity index (χ3v) is 2.54. The first-order valence-electron chi connectivity index (χ1n) is 4.62. The van der Waals surface area contributed by atoms with Gasteiger partial charge in [-0.05, 0) is 28.1 Å². The lowest BCUT2D eigenvalue weighted by Gasteiger charge is -2.05. The Morgan fingerprint density at radius 1 is 1.44 bits per heavy atom. The van der Waals surface area contributed by atoms with Crippen LogP contribution in [0.4, 0.5) is 4.39 Å². The SMILES string of the molecule is O=c1ccccn1Cc1ncc(Br)cc1F. The van der Waals surface area contributed by atoms with E-state index >= 15 is 0 Å². The van der Waals surface area contributed by atoms with Crippen molar-refractivity contribution in [2.75, 3.05) is 0 Å².